The molecule has 0 atom stereocenters. The molecule has 0 saturated carbocycles. The standard InChI is InChI=1S/C9H14N2O2/c10-6-9(12)11-13-7-8-4-2-1-3-5-8/h2,4-5H,1,3,6-7,10H2,(H,11,12). The van der Waals surface area contributed by atoms with Crippen LogP contribution in [-0.4, -0.2) is 19.1 Å². The molecule has 4 nitrogen and oxygen atoms in total. The second-order valence-electron chi connectivity index (χ2n) is 2.78. The molecule has 4 heteroatoms. The highest BCUT2D eigenvalue weighted by atomic mass is 16.6. The lowest BCUT2D eigenvalue weighted by molar-refractivity contribution is -0.131. The van der Waals surface area contributed by atoms with E-state index in [0.717, 1.165) is 18.4 Å². The zero-order valence-corrected chi connectivity index (χ0v) is 7.45. The number of carbonyl (C=O) groups is 1. The molecule has 1 amide bonds. The van der Waals surface area contributed by atoms with Gasteiger partial charge in [0.05, 0.1) is 13.2 Å². The van der Waals surface area contributed by atoms with Crippen LogP contribution in [0.25, 0.3) is 0 Å². The van der Waals surface area contributed by atoms with Gasteiger partial charge in [-0.3, -0.25) is 9.63 Å². The normalized spacial score (nSPS) is 15.3. The predicted octanol–water partition coefficient (Wildman–Crippen LogP) is 0.269. The molecule has 1 rings (SSSR count). The van der Waals surface area contributed by atoms with Crippen molar-refractivity contribution < 1.29 is 9.63 Å². The van der Waals surface area contributed by atoms with Crippen LogP contribution in [0.4, 0.5) is 0 Å². The Bertz CT molecular complexity index is 234. The minimum absolute atomic E-state index is 0.0467. The Morgan fingerprint density at radius 3 is 3.08 bits per heavy atom. The summed E-state index contributed by atoms with van der Waals surface area (Å²) in [4.78, 5) is 15.6. The summed E-state index contributed by atoms with van der Waals surface area (Å²) in [7, 11) is 0. The first-order chi connectivity index (χ1) is 6.33. The van der Waals surface area contributed by atoms with Crippen LogP contribution in [0.2, 0.25) is 0 Å². The molecule has 1 aliphatic carbocycles. The van der Waals surface area contributed by atoms with Crippen molar-refractivity contribution in [2.24, 2.45) is 5.73 Å². The zero-order valence-electron chi connectivity index (χ0n) is 7.45. The Hall–Kier alpha value is -1.13. The van der Waals surface area contributed by atoms with Gasteiger partial charge >= 0.3 is 0 Å². The van der Waals surface area contributed by atoms with Gasteiger partial charge in [0.2, 0.25) is 0 Å². The largest absolute Gasteiger partial charge is 0.322 e. The molecule has 13 heavy (non-hydrogen) atoms. The summed E-state index contributed by atoms with van der Waals surface area (Å²) < 4.78 is 0. The Labute approximate surface area is 77.4 Å². The topological polar surface area (TPSA) is 64.4 Å². The summed E-state index contributed by atoms with van der Waals surface area (Å²) in [5, 5.41) is 0. The van der Waals surface area contributed by atoms with Crippen molar-refractivity contribution in [2.75, 3.05) is 13.2 Å². The fourth-order valence-corrected chi connectivity index (χ4v) is 1.02. The number of hydroxylamine groups is 1. The minimum Gasteiger partial charge on any atom is -0.322 e. The number of amides is 1. The van der Waals surface area contributed by atoms with Crippen LogP contribution in [0.3, 0.4) is 0 Å². The fourth-order valence-electron chi connectivity index (χ4n) is 1.02. The van der Waals surface area contributed by atoms with E-state index in [2.05, 4.69) is 17.6 Å². The van der Waals surface area contributed by atoms with Crippen molar-refractivity contribution in [3.8, 4) is 0 Å². The Balaban J connectivity index is 2.15. The molecule has 0 spiro atoms. The smallest absolute Gasteiger partial charge is 0.257 e. The van der Waals surface area contributed by atoms with E-state index in [1.807, 2.05) is 6.08 Å². The molecule has 0 aromatic carbocycles. The third kappa shape index (κ3) is 3.87. The van der Waals surface area contributed by atoms with Gasteiger partial charge in [-0.25, -0.2) is 5.48 Å². The first-order valence-corrected chi connectivity index (χ1v) is 4.29. The summed E-state index contributed by atoms with van der Waals surface area (Å²) in [6.45, 7) is 0.358. The van der Waals surface area contributed by atoms with Crippen molar-refractivity contribution >= 4 is 5.91 Å². The molecule has 0 aromatic heterocycles. The van der Waals surface area contributed by atoms with E-state index in [4.69, 9.17) is 10.6 Å². The summed E-state index contributed by atoms with van der Waals surface area (Å²) in [5.41, 5.74) is 8.40. The first-order valence-electron chi connectivity index (χ1n) is 4.29. The Morgan fingerprint density at radius 2 is 2.46 bits per heavy atom. The first kappa shape index (κ1) is 9.95. The van der Waals surface area contributed by atoms with Crippen molar-refractivity contribution in [2.45, 2.75) is 12.8 Å². The average Bonchev–Trinajstić information content (AvgIpc) is 2.19. The van der Waals surface area contributed by atoms with Crippen molar-refractivity contribution in [1.82, 2.24) is 5.48 Å². The maximum absolute atomic E-state index is 10.7. The summed E-state index contributed by atoms with van der Waals surface area (Å²) in [5.74, 6) is -0.305. The molecule has 0 aromatic rings. The number of hydrogen-bond acceptors (Lipinski definition) is 3. The van der Waals surface area contributed by atoms with Gasteiger partial charge in [-0.05, 0) is 18.4 Å². The third-order valence-electron chi connectivity index (χ3n) is 1.68. The highest BCUT2D eigenvalue weighted by Crippen LogP contribution is 2.08. The van der Waals surface area contributed by atoms with E-state index in [1.54, 1.807) is 0 Å². The SMILES string of the molecule is NCC(=O)NOCC1=CCCC=C1. The van der Waals surface area contributed by atoms with Crippen LogP contribution in [-0.2, 0) is 9.63 Å². The predicted molar refractivity (Wildman–Crippen MR) is 49.6 cm³/mol. The highest BCUT2D eigenvalue weighted by molar-refractivity contribution is 5.76. The van der Waals surface area contributed by atoms with E-state index in [9.17, 15) is 4.79 Å². The van der Waals surface area contributed by atoms with E-state index in [0.29, 0.717) is 6.61 Å². The number of nitrogens with two attached hydrogens (primary N) is 1. The summed E-state index contributed by atoms with van der Waals surface area (Å²) >= 11 is 0. The van der Waals surface area contributed by atoms with Crippen LogP contribution >= 0.6 is 0 Å². The Morgan fingerprint density at radius 1 is 1.62 bits per heavy atom. The molecule has 0 bridgehead atoms. The van der Waals surface area contributed by atoms with E-state index in [-0.39, 0.29) is 12.5 Å². The zero-order chi connectivity index (χ0) is 9.52. The molecule has 0 saturated heterocycles. The molecule has 0 unspecified atom stereocenters. The highest BCUT2D eigenvalue weighted by Gasteiger charge is 1.99. The van der Waals surface area contributed by atoms with Crippen molar-refractivity contribution in [3.05, 3.63) is 23.8 Å². The van der Waals surface area contributed by atoms with E-state index in [1.165, 1.54) is 0 Å². The van der Waals surface area contributed by atoms with Crippen LogP contribution in [0.1, 0.15) is 12.8 Å². The molecule has 0 heterocycles. The molecule has 0 fully saturated rings. The number of allylic oxidation sites excluding steroid dienone is 2. The number of carbonyl (C=O) groups excluding carboxylic acids is 1. The van der Waals surface area contributed by atoms with E-state index >= 15 is 0 Å². The maximum atomic E-state index is 10.7. The van der Waals surface area contributed by atoms with Crippen LogP contribution in [0.15, 0.2) is 23.8 Å². The third-order valence-corrected chi connectivity index (χ3v) is 1.68. The summed E-state index contributed by atoms with van der Waals surface area (Å²) in [6.07, 6.45) is 8.30. The quantitative estimate of drug-likeness (QED) is 0.613. The van der Waals surface area contributed by atoms with Gasteiger partial charge in [0.25, 0.3) is 5.91 Å². The average molecular weight is 182 g/mol. The molecule has 1 aliphatic rings. The number of nitrogens with one attached hydrogen (secondary N) is 1. The van der Waals surface area contributed by atoms with Crippen LogP contribution < -0.4 is 11.2 Å². The Kier molecular flexibility index (Phi) is 4.21. The lowest BCUT2D eigenvalue weighted by atomic mass is 10.1. The van der Waals surface area contributed by atoms with Gasteiger partial charge in [-0.2, -0.15) is 0 Å². The second kappa shape index (κ2) is 5.50. The maximum Gasteiger partial charge on any atom is 0.257 e. The van der Waals surface area contributed by atoms with Crippen molar-refractivity contribution in [1.29, 1.82) is 0 Å². The van der Waals surface area contributed by atoms with Gasteiger partial charge in [0, 0.05) is 0 Å². The number of rotatable bonds is 4. The number of hydrogen-bond donors (Lipinski definition) is 2. The molecule has 72 valence electrons. The molecule has 0 aliphatic heterocycles. The van der Waals surface area contributed by atoms with Crippen molar-refractivity contribution in [3.63, 3.8) is 0 Å². The molecule has 0 radical (unpaired) electrons. The fraction of sp³-hybridized carbons (Fsp3) is 0.444. The van der Waals surface area contributed by atoms with Crippen LogP contribution in [0.5, 0.6) is 0 Å². The van der Waals surface area contributed by atoms with Gasteiger partial charge in [0.15, 0.2) is 0 Å². The summed E-state index contributed by atoms with van der Waals surface area (Å²) in [6, 6.07) is 0. The lowest BCUT2D eigenvalue weighted by Gasteiger charge is -2.07. The van der Waals surface area contributed by atoms with Gasteiger partial charge in [0.1, 0.15) is 0 Å². The van der Waals surface area contributed by atoms with Gasteiger partial charge < -0.3 is 5.73 Å². The molecule has 3 N–H and O–H groups in total. The molecular weight excluding hydrogens is 168 g/mol. The second-order valence-corrected chi connectivity index (χ2v) is 2.78. The van der Waals surface area contributed by atoms with Crippen LogP contribution in [0, 0.1) is 0 Å². The van der Waals surface area contributed by atoms with Gasteiger partial charge in [-0.15, -0.1) is 0 Å². The minimum atomic E-state index is -0.305. The lowest BCUT2D eigenvalue weighted by Crippen LogP contribution is -2.30. The van der Waals surface area contributed by atoms with Gasteiger partial charge in [-0.1, -0.05) is 18.2 Å². The van der Waals surface area contributed by atoms with E-state index < -0.39 is 0 Å². The molecular formula is C9H14N2O2. The monoisotopic (exact) mass is 182 g/mol.